The number of hydrogen-bond donors (Lipinski definition) is 0. The van der Waals surface area contributed by atoms with Crippen LogP contribution in [0.2, 0.25) is 0 Å². The Morgan fingerprint density at radius 1 is 1.41 bits per heavy atom. The van der Waals surface area contributed by atoms with E-state index < -0.39 is 5.97 Å². The van der Waals surface area contributed by atoms with Crippen molar-refractivity contribution >= 4 is 5.97 Å². The minimum Gasteiger partial charge on any atom is -0.459 e. The highest BCUT2D eigenvalue weighted by Crippen LogP contribution is 2.18. The van der Waals surface area contributed by atoms with Crippen LogP contribution in [0, 0.1) is 6.92 Å². The van der Waals surface area contributed by atoms with Crippen LogP contribution in [0.5, 0.6) is 0 Å². The molecular weight excluding hydrogens is 220 g/mol. The van der Waals surface area contributed by atoms with Gasteiger partial charge in [-0.3, -0.25) is 0 Å². The molecule has 0 N–H and O–H groups in total. The number of carbonyl (C=O) groups excluding carboxylic acids is 1. The summed E-state index contributed by atoms with van der Waals surface area (Å²) in [6.45, 7) is 3.96. The quantitative estimate of drug-likeness (QED) is 0.759. The predicted molar refractivity (Wildman–Crippen MR) is 60.4 cm³/mol. The van der Waals surface area contributed by atoms with Crippen LogP contribution >= 0.6 is 0 Å². The smallest absolute Gasteiger partial charge is 0.396 e. The summed E-state index contributed by atoms with van der Waals surface area (Å²) in [6.07, 6.45) is 0. The van der Waals surface area contributed by atoms with Gasteiger partial charge in [-0.2, -0.15) is 0 Å². The molecule has 0 aliphatic heterocycles. The van der Waals surface area contributed by atoms with E-state index in [1.54, 1.807) is 6.92 Å². The number of rotatable bonds is 3. The maximum Gasteiger partial charge on any atom is 0.396 e. The molecule has 1 aromatic heterocycles. The van der Waals surface area contributed by atoms with Crippen LogP contribution < -0.4 is 0 Å². The standard InChI is InChI=1S/C12H12N2O3/c1-3-16-12(15)11-14-13-10(17-11)9-6-4-5-8(2)7-9/h4-7H,3H2,1-2H3. The van der Waals surface area contributed by atoms with Gasteiger partial charge in [-0.1, -0.05) is 17.7 Å². The average molecular weight is 232 g/mol. The second kappa shape index (κ2) is 4.78. The van der Waals surface area contributed by atoms with Gasteiger partial charge in [0.05, 0.1) is 6.61 Å². The first-order valence-electron chi connectivity index (χ1n) is 5.28. The van der Waals surface area contributed by atoms with Gasteiger partial charge in [0.25, 0.3) is 0 Å². The van der Waals surface area contributed by atoms with Crippen molar-refractivity contribution in [3.63, 3.8) is 0 Å². The first-order valence-corrected chi connectivity index (χ1v) is 5.28. The summed E-state index contributed by atoms with van der Waals surface area (Å²) in [5, 5.41) is 7.46. The van der Waals surface area contributed by atoms with Crippen LogP contribution in [0.1, 0.15) is 23.2 Å². The lowest BCUT2D eigenvalue weighted by Gasteiger charge is -1.96. The van der Waals surface area contributed by atoms with Gasteiger partial charge in [0.15, 0.2) is 0 Å². The molecule has 0 aliphatic rings. The minimum atomic E-state index is -0.598. The predicted octanol–water partition coefficient (Wildman–Crippen LogP) is 2.22. The average Bonchev–Trinajstić information content (AvgIpc) is 2.78. The lowest BCUT2D eigenvalue weighted by Crippen LogP contribution is -2.04. The summed E-state index contributed by atoms with van der Waals surface area (Å²) in [5.74, 6) is -0.404. The minimum absolute atomic E-state index is 0.122. The van der Waals surface area contributed by atoms with Gasteiger partial charge in [0.1, 0.15) is 0 Å². The van der Waals surface area contributed by atoms with Crippen LogP contribution in [-0.4, -0.2) is 22.8 Å². The highest BCUT2D eigenvalue weighted by Gasteiger charge is 2.16. The lowest BCUT2D eigenvalue weighted by atomic mass is 10.1. The fourth-order valence-corrected chi connectivity index (χ4v) is 1.39. The zero-order chi connectivity index (χ0) is 12.3. The highest BCUT2D eigenvalue weighted by molar-refractivity contribution is 5.84. The Balaban J connectivity index is 2.27. The largest absolute Gasteiger partial charge is 0.459 e. The molecule has 1 aromatic carbocycles. The molecule has 0 unspecified atom stereocenters. The molecule has 0 spiro atoms. The summed E-state index contributed by atoms with van der Waals surface area (Å²) in [7, 11) is 0. The fraction of sp³-hybridized carbons (Fsp3) is 0.250. The van der Waals surface area contributed by atoms with E-state index >= 15 is 0 Å². The number of aromatic nitrogens is 2. The van der Waals surface area contributed by atoms with E-state index in [0.29, 0.717) is 5.89 Å². The van der Waals surface area contributed by atoms with Crippen LogP contribution in [0.15, 0.2) is 28.7 Å². The highest BCUT2D eigenvalue weighted by atomic mass is 16.5. The van der Waals surface area contributed by atoms with Gasteiger partial charge in [-0.25, -0.2) is 4.79 Å². The number of hydrogen-bond acceptors (Lipinski definition) is 5. The van der Waals surface area contributed by atoms with Gasteiger partial charge in [-0.15, -0.1) is 10.2 Å². The Labute approximate surface area is 98.4 Å². The fourth-order valence-electron chi connectivity index (χ4n) is 1.39. The van der Waals surface area contributed by atoms with E-state index in [4.69, 9.17) is 9.15 Å². The van der Waals surface area contributed by atoms with E-state index in [-0.39, 0.29) is 12.5 Å². The molecule has 0 bridgehead atoms. The van der Waals surface area contributed by atoms with Crippen molar-refractivity contribution in [2.75, 3.05) is 6.61 Å². The summed E-state index contributed by atoms with van der Waals surface area (Å²) in [6, 6.07) is 7.60. The van der Waals surface area contributed by atoms with Crippen molar-refractivity contribution in [2.45, 2.75) is 13.8 Å². The van der Waals surface area contributed by atoms with Crippen molar-refractivity contribution in [2.24, 2.45) is 0 Å². The van der Waals surface area contributed by atoms with Crippen LogP contribution in [0.25, 0.3) is 11.5 Å². The maximum atomic E-state index is 11.3. The number of nitrogens with zero attached hydrogens (tertiary/aromatic N) is 2. The maximum absolute atomic E-state index is 11.3. The molecule has 0 aliphatic carbocycles. The van der Waals surface area contributed by atoms with Crippen LogP contribution in [0.4, 0.5) is 0 Å². The van der Waals surface area contributed by atoms with Gasteiger partial charge in [-0.05, 0) is 26.0 Å². The first kappa shape index (κ1) is 11.3. The van der Waals surface area contributed by atoms with Crippen LogP contribution in [-0.2, 0) is 4.74 Å². The molecule has 1 heterocycles. The third-order valence-electron chi connectivity index (χ3n) is 2.14. The molecule has 0 atom stereocenters. The number of carbonyl (C=O) groups is 1. The second-order valence-corrected chi connectivity index (χ2v) is 3.50. The van der Waals surface area contributed by atoms with E-state index in [9.17, 15) is 4.79 Å². The molecule has 5 nitrogen and oxygen atoms in total. The Morgan fingerprint density at radius 3 is 2.94 bits per heavy atom. The van der Waals surface area contributed by atoms with Gasteiger partial charge >= 0.3 is 11.9 Å². The van der Waals surface area contributed by atoms with Crippen molar-refractivity contribution in [3.05, 3.63) is 35.7 Å². The molecule has 88 valence electrons. The molecule has 0 fully saturated rings. The molecule has 17 heavy (non-hydrogen) atoms. The third kappa shape index (κ3) is 2.50. The number of aryl methyl sites for hydroxylation is 1. The topological polar surface area (TPSA) is 65.2 Å². The molecular formula is C12H12N2O3. The lowest BCUT2D eigenvalue weighted by molar-refractivity contribution is 0.0481. The van der Waals surface area contributed by atoms with E-state index in [1.807, 2.05) is 31.2 Å². The SMILES string of the molecule is CCOC(=O)c1nnc(-c2cccc(C)c2)o1. The van der Waals surface area contributed by atoms with E-state index in [2.05, 4.69) is 10.2 Å². The summed E-state index contributed by atoms with van der Waals surface area (Å²) < 4.78 is 10.0. The van der Waals surface area contributed by atoms with Crippen molar-refractivity contribution < 1.29 is 13.9 Å². The Hall–Kier alpha value is -2.17. The first-order chi connectivity index (χ1) is 8.20. The second-order valence-electron chi connectivity index (χ2n) is 3.50. The molecule has 2 rings (SSSR count). The van der Waals surface area contributed by atoms with Gasteiger partial charge in [0, 0.05) is 5.56 Å². The van der Waals surface area contributed by atoms with Crippen molar-refractivity contribution in [3.8, 4) is 11.5 Å². The molecule has 0 amide bonds. The molecule has 0 radical (unpaired) electrons. The number of esters is 1. The Kier molecular flexibility index (Phi) is 3.18. The normalized spacial score (nSPS) is 10.2. The summed E-state index contributed by atoms with van der Waals surface area (Å²) in [4.78, 5) is 11.3. The summed E-state index contributed by atoms with van der Waals surface area (Å²) in [5.41, 5.74) is 1.87. The third-order valence-corrected chi connectivity index (χ3v) is 2.14. The Morgan fingerprint density at radius 2 is 2.24 bits per heavy atom. The molecule has 5 heteroatoms. The molecule has 2 aromatic rings. The van der Waals surface area contributed by atoms with Gasteiger partial charge in [0.2, 0.25) is 5.89 Å². The van der Waals surface area contributed by atoms with E-state index in [1.165, 1.54) is 0 Å². The number of benzene rings is 1. The van der Waals surface area contributed by atoms with Crippen molar-refractivity contribution in [1.82, 2.24) is 10.2 Å². The zero-order valence-corrected chi connectivity index (χ0v) is 9.64. The Bertz CT molecular complexity index is 534. The molecule has 0 saturated carbocycles. The molecule has 0 saturated heterocycles. The van der Waals surface area contributed by atoms with Gasteiger partial charge < -0.3 is 9.15 Å². The van der Waals surface area contributed by atoms with E-state index in [0.717, 1.165) is 11.1 Å². The summed E-state index contributed by atoms with van der Waals surface area (Å²) >= 11 is 0. The van der Waals surface area contributed by atoms with Crippen molar-refractivity contribution in [1.29, 1.82) is 0 Å². The number of ether oxygens (including phenoxy) is 1. The monoisotopic (exact) mass is 232 g/mol. The van der Waals surface area contributed by atoms with Crippen LogP contribution in [0.3, 0.4) is 0 Å². The zero-order valence-electron chi connectivity index (χ0n) is 9.64.